The van der Waals surface area contributed by atoms with E-state index in [0.717, 1.165) is 40.1 Å². The largest absolute Gasteiger partial charge is 0.353 e. The number of benzene rings is 1. The number of thiophene rings is 1. The van der Waals surface area contributed by atoms with Gasteiger partial charge in [-0.2, -0.15) is 0 Å². The van der Waals surface area contributed by atoms with E-state index in [1.54, 1.807) is 11.3 Å². The monoisotopic (exact) mass is 408 g/mol. The molecule has 2 amide bonds. The molecule has 0 radical (unpaired) electrons. The highest BCUT2D eigenvalue weighted by atomic mass is 32.1. The first kappa shape index (κ1) is 19.5. The van der Waals surface area contributed by atoms with E-state index in [2.05, 4.69) is 15.3 Å². The third-order valence-corrected chi connectivity index (χ3v) is 6.26. The standard InChI is InChI=1S/C22H24N4O2S/c1-14-15(2)24-20-12-16(5-6-19(20)23-14)22(28)26-9-7-17(8-10-26)25-21(27)13-18-4-3-11-29-18/h3-6,11-12,17H,7-10,13H2,1-2H3,(H,25,27). The molecule has 7 heteroatoms. The van der Waals surface area contributed by atoms with Crippen LogP contribution in [0.15, 0.2) is 35.7 Å². The second kappa shape index (κ2) is 8.29. The summed E-state index contributed by atoms with van der Waals surface area (Å²) in [6.45, 7) is 5.14. The van der Waals surface area contributed by atoms with Crippen LogP contribution in [0, 0.1) is 13.8 Å². The van der Waals surface area contributed by atoms with Gasteiger partial charge in [0.05, 0.1) is 28.8 Å². The van der Waals surface area contributed by atoms with E-state index in [1.807, 2.05) is 54.5 Å². The Labute approximate surface area is 174 Å². The van der Waals surface area contributed by atoms with Crippen molar-refractivity contribution in [2.75, 3.05) is 13.1 Å². The summed E-state index contributed by atoms with van der Waals surface area (Å²) < 4.78 is 0. The number of likely N-dealkylation sites (tertiary alicyclic amines) is 1. The van der Waals surface area contributed by atoms with Gasteiger partial charge in [0, 0.05) is 29.6 Å². The van der Waals surface area contributed by atoms with Crippen LogP contribution in [0.4, 0.5) is 0 Å². The third-order valence-electron chi connectivity index (χ3n) is 5.38. The highest BCUT2D eigenvalue weighted by Crippen LogP contribution is 2.19. The van der Waals surface area contributed by atoms with Crippen molar-refractivity contribution >= 4 is 34.2 Å². The number of carbonyl (C=O) groups excluding carboxylic acids is 2. The molecular weight excluding hydrogens is 384 g/mol. The Balaban J connectivity index is 1.35. The van der Waals surface area contributed by atoms with Gasteiger partial charge in [-0.25, -0.2) is 9.97 Å². The van der Waals surface area contributed by atoms with Crippen LogP contribution in [0.2, 0.25) is 0 Å². The van der Waals surface area contributed by atoms with Gasteiger partial charge in [0.2, 0.25) is 5.91 Å². The number of nitrogens with one attached hydrogen (secondary N) is 1. The zero-order chi connectivity index (χ0) is 20.4. The summed E-state index contributed by atoms with van der Waals surface area (Å²) in [5.74, 6) is 0.0614. The lowest BCUT2D eigenvalue weighted by Crippen LogP contribution is -2.46. The summed E-state index contributed by atoms with van der Waals surface area (Å²) in [5.41, 5.74) is 3.96. The lowest BCUT2D eigenvalue weighted by Gasteiger charge is -2.32. The third kappa shape index (κ3) is 4.45. The summed E-state index contributed by atoms with van der Waals surface area (Å²) >= 11 is 1.59. The van der Waals surface area contributed by atoms with Crippen molar-refractivity contribution in [2.24, 2.45) is 0 Å². The van der Waals surface area contributed by atoms with E-state index in [1.165, 1.54) is 0 Å². The Bertz CT molecular complexity index is 1040. The van der Waals surface area contributed by atoms with Gasteiger partial charge in [-0.1, -0.05) is 6.07 Å². The number of piperidine rings is 1. The molecule has 1 aliphatic heterocycles. The average molecular weight is 409 g/mol. The quantitative estimate of drug-likeness (QED) is 0.719. The number of nitrogens with zero attached hydrogens (tertiary/aromatic N) is 3. The lowest BCUT2D eigenvalue weighted by molar-refractivity contribution is -0.121. The second-order valence-electron chi connectivity index (χ2n) is 7.49. The van der Waals surface area contributed by atoms with Crippen molar-refractivity contribution in [1.29, 1.82) is 0 Å². The summed E-state index contributed by atoms with van der Waals surface area (Å²) in [7, 11) is 0. The van der Waals surface area contributed by atoms with E-state index in [4.69, 9.17) is 0 Å². The van der Waals surface area contributed by atoms with Gasteiger partial charge in [0.15, 0.2) is 0 Å². The molecule has 6 nitrogen and oxygen atoms in total. The van der Waals surface area contributed by atoms with Gasteiger partial charge in [-0.05, 0) is 56.3 Å². The molecule has 150 valence electrons. The van der Waals surface area contributed by atoms with Crippen molar-refractivity contribution in [2.45, 2.75) is 39.2 Å². The second-order valence-corrected chi connectivity index (χ2v) is 8.52. The molecule has 0 spiro atoms. The molecule has 4 rings (SSSR count). The predicted molar refractivity (Wildman–Crippen MR) is 114 cm³/mol. The molecule has 0 atom stereocenters. The number of carbonyl (C=O) groups is 2. The van der Waals surface area contributed by atoms with Crippen molar-refractivity contribution < 1.29 is 9.59 Å². The fourth-order valence-corrected chi connectivity index (χ4v) is 4.33. The van der Waals surface area contributed by atoms with E-state index < -0.39 is 0 Å². The van der Waals surface area contributed by atoms with Crippen LogP contribution >= 0.6 is 11.3 Å². The molecule has 2 aromatic heterocycles. The summed E-state index contributed by atoms with van der Waals surface area (Å²) in [4.78, 5) is 37.1. The van der Waals surface area contributed by atoms with E-state index in [-0.39, 0.29) is 17.9 Å². The summed E-state index contributed by atoms with van der Waals surface area (Å²) in [5, 5.41) is 5.08. The Morgan fingerprint density at radius 3 is 2.52 bits per heavy atom. The number of hydrogen-bond acceptors (Lipinski definition) is 5. The van der Waals surface area contributed by atoms with E-state index in [0.29, 0.717) is 25.1 Å². The number of amides is 2. The molecule has 1 saturated heterocycles. The van der Waals surface area contributed by atoms with Crippen molar-refractivity contribution in [3.05, 3.63) is 57.5 Å². The molecular formula is C22H24N4O2S. The minimum atomic E-state index is 0.00953. The van der Waals surface area contributed by atoms with Gasteiger partial charge in [-0.3, -0.25) is 9.59 Å². The molecule has 29 heavy (non-hydrogen) atoms. The van der Waals surface area contributed by atoms with Gasteiger partial charge in [0.1, 0.15) is 0 Å². The Morgan fingerprint density at radius 2 is 1.83 bits per heavy atom. The van der Waals surface area contributed by atoms with Crippen molar-refractivity contribution in [3.8, 4) is 0 Å². The molecule has 0 unspecified atom stereocenters. The molecule has 0 bridgehead atoms. The van der Waals surface area contributed by atoms with Crippen LogP contribution in [-0.4, -0.2) is 45.8 Å². The Kier molecular flexibility index (Phi) is 5.58. The first-order valence-corrected chi connectivity index (χ1v) is 10.7. The molecule has 0 aliphatic carbocycles. The number of aromatic nitrogens is 2. The van der Waals surface area contributed by atoms with Crippen LogP contribution in [0.25, 0.3) is 11.0 Å². The average Bonchev–Trinajstić information content (AvgIpc) is 3.21. The number of rotatable bonds is 4. The first-order chi connectivity index (χ1) is 14.0. The van der Waals surface area contributed by atoms with Crippen molar-refractivity contribution in [1.82, 2.24) is 20.2 Å². The molecule has 1 aliphatic rings. The van der Waals surface area contributed by atoms with Gasteiger partial charge >= 0.3 is 0 Å². The smallest absolute Gasteiger partial charge is 0.253 e. The molecule has 0 saturated carbocycles. The fraction of sp³-hybridized carbons (Fsp3) is 0.364. The Morgan fingerprint density at radius 1 is 1.10 bits per heavy atom. The molecule has 3 heterocycles. The van der Waals surface area contributed by atoms with Crippen LogP contribution in [-0.2, 0) is 11.2 Å². The summed E-state index contributed by atoms with van der Waals surface area (Å²) in [6.07, 6.45) is 1.97. The molecule has 1 aromatic carbocycles. The minimum Gasteiger partial charge on any atom is -0.353 e. The van der Waals surface area contributed by atoms with Gasteiger partial charge < -0.3 is 10.2 Å². The highest BCUT2D eigenvalue weighted by molar-refractivity contribution is 7.10. The van der Waals surface area contributed by atoms with Crippen LogP contribution in [0.5, 0.6) is 0 Å². The zero-order valence-electron chi connectivity index (χ0n) is 16.6. The SMILES string of the molecule is Cc1nc2ccc(C(=O)N3CCC(NC(=O)Cc4cccs4)CC3)cc2nc1C. The molecule has 1 fully saturated rings. The maximum atomic E-state index is 12.9. The topological polar surface area (TPSA) is 75.2 Å². The van der Waals surface area contributed by atoms with Gasteiger partial charge in [0.25, 0.3) is 5.91 Å². The van der Waals surface area contributed by atoms with Crippen LogP contribution in [0.3, 0.4) is 0 Å². The maximum absolute atomic E-state index is 12.9. The van der Waals surface area contributed by atoms with E-state index in [9.17, 15) is 9.59 Å². The number of hydrogen-bond donors (Lipinski definition) is 1. The predicted octanol–water partition coefficient (Wildman–Crippen LogP) is 3.27. The van der Waals surface area contributed by atoms with Crippen molar-refractivity contribution in [3.63, 3.8) is 0 Å². The molecule has 1 N–H and O–H groups in total. The number of fused-ring (bicyclic) bond motifs is 1. The maximum Gasteiger partial charge on any atom is 0.253 e. The lowest BCUT2D eigenvalue weighted by atomic mass is 10.0. The zero-order valence-corrected chi connectivity index (χ0v) is 17.5. The number of aryl methyl sites for hydroxylation is 2. The molecule has 3 aromatic rings. The summed E-state index contributed by atoms with van der Waals surface area (Å²) in [6, 6.07) is 9.56. The normalized spacial score (nSPS) is 14.9. The van der Waals surface area contributed by atoms with Crippen LogP contribution < -0.4 is 5.32 Å². The van der Waals surface area contributed by atoms with Crippen LogP contribution in [0.1, 0.15) is 39.5 Å². The first-order valence-electron chi connectivity index (χ1n) is 9.85. The highest BCUT2D eigenvalue weighted by Gasteiger charge is 2.25. The van der Waals surface area contributed by atoms with Gasteiger partial charge in [-0.15, -0.1) is 11.3 Å². The Hall–Kier alpha value is -2.80. The fourth-order valence-electron chi connectivity index (χ4n) is 3.62. The van der Waals surface area contributed by atoms with E-state index >= 15 is 0 Å². The minimum absolute atomic E-state index is 0.00953.